The van der Waals surface area contributed by atoms with Crippen molar-refractivity contribution in [2.24, 2.45) is 11.3 Å². The van der Waals surface area contributed by atoms with Crippen molar-refractivity contribution in [3.8, 4) is 0 Å². The summed E-state index contributed by atoms with van der Waals surface area (Å²) in [6.45, 7) is 2.67. The van der Waals surface area contributed by atoms with Crippen LogP contribution in [0.15, 0.2) is 30.5 Å². The van der Waals surface area contributed by atoms with Gasteiger partial charge in [0.15, 0.2) is 0 Å². The summed E-state index contributed by atoms with van der Waals surface area (Å²) in [5.74, 6) is 0.945. The van der Waals surface area contributed by atoms with Crippen LogP contribution in [0.1, 0.15) is 43.6 Å². The van der Waals surface area contributed by atoms with E-state index in [0.717, 1.165) is 50.0 Å². The summed E-state index contributed by atoms with van der Waals surface area (Å²) in [7, 11) is 4.29. The lowest BCUT2D eigenvalue weighted by Crippen LogP contribution is -2.51. The van der Waals surface area contributed by atoms with Gasteiger partial charge in [0.05, 0.1) is 0 Å². The molecule has 1 aromatic heterocycles. The Morgan fingerprint density at radius 3 is 2.61 bits per heavy atom. The van der Waals surface area contributed by atoms with E-state index in [1.165, 1.54) is 12.1 Å². The standard InChI is InChI=1S/C27H33N7O2/c1-32(2)19-11-12-33(15-19)17-9-7-16(8-10-17)30-26-29-13-20-22-21-14-28-24(35)27(21,22)25(36)34(23(20)31-26)18-5-3-4-6-18/h7-10,13,18-19,21-22H,3-6,11-12,14-15H2,1-2H3,(H,28,35)(H,29,30,31)/t19-,21?,22?,27-/m1/s1. The number of nitrogens with one attached hydrogen (secondary N) is 2. The second-order valence-electron chi connectivity index (χ2n) is 11.3. The average Bonchev–Trinajstić information content (AvgIpc) is 3.33. The van der Waals surface area contributed by atoms with Crippen LogP contribution in [-0.4, -0.2) is 72.5 Å². The SMILES string of the molecule is CN(C)[C@@H]1CCN(c2ccc(Nc3ncc4c(n3)N(C3CCCC3)C(=O)[C@]35C(=O)NCC3C45)cc2)C1. The van der Waals surface area contributed by atoms with E-state index >= 15 is 0 Å². The van der Waals surface area contributed by atoms with Gasteiger partial charge in [-0.15, -0.1) is 0 Å². The van der Waals surface area contributed by atoms with Crippen molar-refractivity contribution in [2.45, 2.75) is 50.1 Å². The van der Waals surface area contributed by atoms with E-state index < -0.39 is 5.41 Å². The number of likely N-dealkylation sites (N-methyl/N-ethyl adjacent to an activating group) is 1. The molecule has 36 heavy (non-hydrogen) atoms. The number of carbonyl (C=O) groups is 2. The maximum Gasteiger partial charge on any atom is 0.245 e. The summed E-state index contributed by atoms with van der Waals surface area (Å²) >= 11 is 0. The van der Waals surface area contributed by atoms with Gasteiger partial charge in [-0.25, -0.2) is 4.98 Å². The van der Waals surface area contributed by atoms with Crippen LogP contribution in [0.4, 0.5) is 23.1 Å². The number of piperidine rings is 1. The number of carbonyl (C=O) groups excluding carboxylic acids is 2. The lowest BCUT2D eigenvalue weighted by atomic mass is 9.92. The molecule has 2 aliphatic carbocycles. The Labute approximate surface area is 211 Å². The van der Waals surface area contributed by atoms with Crippen LogP contribution in [-0.2, 0) is 9.59 Å². The summed E-state index contributed by atoms with van der Waals surface area (Å²) in [6.07, 6.45) is 7.14. The molecule has 2 saturated carbocycles. The van der Waals surface area contributed by atoms with Gasteiger partial charge < -0.3 is 20.4 Å². The van der Waals surface area contributed by atoms with Crippen LogP contribution in [0.5, 0.6) is 0 Å². The minimum absolute atomic E-state index is 0.0234. The highest BCUT2D eigenvalue weighted by molar-refractivity contribution is 6.19. The van der Waals surface area contributed by atoms with Crippen LogP contribution in [0, 0.1) is 11.3 Å². The molecule has 3 aliphatic heterocycles. The third-order valence-electron chi connectivity index (χ3n) is 9.23. The van der Waals surface area contributed by atoms with E-state index in [2.05, 4.69) is 63.8 Å². The first kappa shape index (κ1) is 22.0. The largest absolute Gasteiger partial charge is 0.370 e. The first-order chi connectivity index (χ1) is 17.5. The summed E-state index contributed by atoms with van der Waals surface area (Å²) in [5.41, 5.74) is 2.16. The second kappa shape index (κ2) is 7.90. The molecule has 188 valence electrons. The smallest absolute Gasteiger partial charge is 0.245 e. The minimum atomic E-state index is -0.926. The first-order valence-electron chi connectivity index (χ1n) is 13.3. The zero-order valence-corrected chi connectivity index (χ0v) is 20.9. The quantitative estimate of drug-likeness (QED) is 0.626. The summed E-state index contributed by atoms with van der Waals surface area (Å²) in [4.78, 5) is 42.7. The molecule has 4 heterocycles. The maximum atomic E-state index is 13.8. The van der Waals surface area contributed by atoms with E-state index in [1.54, 1.807) is 0 Å². The molecule has 9 heteroatoms. The topological polar surface area (TPSA) is 93.7 Å². The predicted octanol–water partition coefficient (Wildman–Crippen LogP) is 2.48. The van der Waals surface area contributed by atoms with Crippen LogP contribution < -0.4 is 20.4 Å². The van der Waals surface area contributed by atoms with Gasteiger partial charge >= 0.3 is 0 Å². The molecule has 2 N–H and O–H groups in total. The molecule has 4 fully saturated rings. The molecular weight excluding hydrogens is 454 g/mol. The van der Waals surface area contributed by atoms with Crippen LogP contribution in [0.3, 0.4) is 0 Å². The summed E-state index contributed by atoms with van der Waals surface area (Å²) in [5, 5.41) is 6.26. The van der Waals surface area contributed by atoms with Gasteiger partial charge in [0.1, 0.15) is 11.2 Å². The fourth-order valence-corrected chi connectivity index (χ4v) is 7.18. The van der Waals surface area contributed by atoms with Crippen molar-refractivity contribution in [3.05, 3.63) is 36.0 Å². The van der Waals surface area contributed by atoms with Crippen molar-refractivity contribution in [1.82, 2.24) is 20.2 Å². The zero-order chi connectivity index (χ0) is 24.6. The Kier molecular flexibility index (Phi) is 4.83. The number of benzene rings is 1. The molecule has 1 aromatic carbocycles. The Morgan fingerprint density at radius 2 is 1.89 bits per heavy atom. The van der Waals surface area contributed by atoms with Gasteiger partial charge in [-0.2, -0.15) is 4.98 Å². The molecule has 0 radical (unpaired) electrons. The highest BCUT2D eigenvalue weighted by Crippen LogP contribution is 2.71. The Balaban J connectivity index is 1.15. The van der Waals surface area contributed by atoms with E-state index in [9.17, 15) is 9.59 Å². The van der Waals surface area contributed by atoms with Crippen molar-refractivity contribution in [1.29, 1.82) is 0 Å². The Morgan fingerprint density at radius 1 is 1.11 bits per heavy atom. The highest BCUT2D eigenvalue weighted by Gasteiger charge is 2.81. The highest BCUT2D eigenvalue weighted by atomic mass is 16.2. The number of hydrogen-bond acceptors (Lipinski definition) is 7. The molecule has 5 aliphatic rings. The lowest BCUT2D eigenvalue weighted by molar-refractivity contribution is -0.135. The van der Waals surface area contributed by atoms with Crippen LogP contribution in [0.2, 0.25) is 0 Å². The average molecular weight is 488 g/mol. The molecule has 2 unspecified atom stereocenters. The third kappa shape index (κ3) is 3.04. The van der Waals surface area contributed by atoms with Gasteiger partial charge in [0.25, 0.3) is 0 Å². The number of anilines is 4. The Bertz CT molecular complexity index is 1230. The molecule has 0 bridgehead atoms. The van der Waals surface area contributed by atoms with Gasteiger partial charge in [0.2, 0.25) is 17.8 Å². The summed E-state index contributed by atoms with van der Waals surface area (Å²) < 4.78 is 0. The molecule has 2 saturated heterocycles. The van der Waals surface area contributed by atoms with Gasteiger partial charge in [0, 0.05) is 66.7 Å². The molecule has 4 atom stereocenters. The van der Waals surface area contributed by atoms with Crippen molar-refractivity contribution in [2.75, 3.05) is 48.8 Å². The minimum Gasteiger partial charge on any atom is -0.370 e. The van der Waals surface area contributed by atoms with Crippen molar-refractivity contribution < 1.29 is 9.59 Å². The number of nitrogens with zero attached hydrogens (tertiary/aromatic N) is 5. The molecule has 1 spiro atoms. The molecule has 2 amide bonds. The van der Waals surface area contributed by atoms with Crippen LogP contribution >= 0.6 is 0 Å². The third-order valence-corrected chi connectivity index (χ3v) is 9.23. The predicted molar refractivity (Wildman–Crippen MR) is 137 cm³/mol. The van der Waals surface area contributed by atoms with E-state index in [0.29, 0.717) is 24.4 Å². The number of aromatic nitrogens is 2. The Hall–Kier alpha value is -3.20. The van der Waals surface area contributed by atoms with Gasteiger partial charge in [-0.05, 0) is 57.6 Å². The van der Waals surface area contributed by atoms with Gasteiger partial charge in [-0.3, -0.25) is 14.5 Å². The number of amides is 2. The van der Waals surface area contributed by atoms with Crippen molar-refractivity contribution >= 4 is 35.0 Å². The molecule has 2 aromatic rings. The maximum absolute atomic E-state index is 13.8. The van der Waals surface area contributed by atoms with Crippen molar-refractivity contribution in [3.63, 3.8) is 0 Å². The van der Waals surface area contributed by atoms with E-state index in [4.69, 9.17) is 4.98 Å². The van der Waals surface area contributed by atoms with Crippen LogP contribution in [0.25, 0.3) is 0 Å². The number of hydrogen-bond donors (Lipinski definition) is 2. The molecule has 9 nitrogen and oxygen atoms in total. The zero-order valence-electron chi connectivity index (χ0n) is 20.9. The first-order valence-corrected chi connectivity index (χ1v) is 13.3. The second-order valence-corrected chi connectivity index (χ2v) is 11.3. The molecule has 7 rings (SSSR count). The fraction of sp³-hybridized carbons (Fsp3) is 0.556. The lowest BCUT2D eigenvalue weighted by Gasteiger charge is -2.36. The fourth-order valence-electron chi connectivity index (χ4n) is 7.18. The number of fused-ring (bicyclic) bond motifs is 3. The number of rotatable bonds is 5. The monoisotopic (exact) mass is 487 g/mol. The summed E-state index contributed by atoms with van der Waals surface area (Å²) in [6, 6.07) is 9.10. The normalized spacial score (nSPS) is 30.9. The van der Waals surface area contributed by atoms with E-state index in [1.807, 2.05) is 11.1 Å². The van der Waals surface area contributed by atoms with Gasteiger partial charge in [-0.1, -0.05) is 12.8 Å². The van der Waals surface area contributed by atoms with E-state index in [-0.39, 0.29) is 29.7 Å². The molecular formula is C27H33N7O2.